The highest BCUT2D eigenvalue weighted by Gasteiger charge is 2.12. The fourth-order valence-corrected chi connectivity index (χ4v) is 2.26. The van der Waals surface area contributed by atoms with Gasteiger partial charge in [0.25, 0.3) is 11.6 Å². The first kappa shape index (κ1) is 15.0. The summed E-state index contributed by atoms with van der Waals surface area (Å²) in [5, 5.41) is 0.284. The Morgan fingerprint density at radius 2 is 2.04 bits per heavy atom. The number of hydrogen-bond acceptors (Lipinski definition) is 5. The van der Waals surface area contributed by atoms with Crippen molar-refractivity contribution >= 4 is 11.1 Å². The van der Waals surface area contributed by atoms with Crippen LogP contribution in [0.3, 0.4) is 0 Å². The minimum Gasteiger partial charge on any atom is -0.460 e. The monoisotopic (exact) mass is 314 g/mol. The number of nitrogens with one attached hydrogen (secondary N) is 1. The van der Waals surface area contributed by atoms with Gasteiger partial charge in [-0.05, 0) is 12.0 Å². The van der Waals surface area contributed by atoms with E-state index in [0.717, 1.165) is 5.56 Å². The lowest BCUT2D eigenvalue weighted by Crippen LogP contribution is -2.26. The summed E-state index contributed by atoms with van der Waals surface area (Å²) in [6.07, 6.45) is 4.32. The first-order chi connectivity index (χ1) is 11.1. The first-order valence-electron chi connectivity index (χ1n) is 7.21. The van der Waals surface area contributed by atoms with Crippen molar-refractivity contribution in [1.82, 2.24) is 9.97 Å². The number of nitrogens with zero attached hydrogens (tertiary/aromatic N) is 2. The number of aryl methyl sites for hydroxylation is 2. The van der Waals surface area contributed by atoms with Gasteiger partial charge in [0, 0.05) is 23.8 Å². The quantitative estimate of drug-likeness (QED) is 0.721. The lowest BCUT2D eigenvalue weighted by molar-refractivity contribution is -0.671. The minimum atomic E-state index is -0.533. The van der Waals surface area contributed by atoms with Gasteiger partial charge in [-0.25, -0.2) is 9.36 Å². The minimum absolute atomic E-state index is 0.00689. The molecule has 0 amide bonds. The fraction of sp³-hybridized carbons (Fsp3) is 0.250. The Bertz CT molecular complexity index is 958. The van der Waals surface area contributed by atoms with E-state index in [2.05, 4.69) is 9.97 Å². The zero-order valence-electron chi connectivity index (χ0n) is 12.8. The standard InChI is InChI=1S/C16H15N3O4/c1-3-11-8-12(20)23-15-13(11)14(21)17-16(18-15)22-9-10-4-6-19(2)7-5-10/h4-8H,3,9H2,1-2H3/p+1. The van der Waals surface area contributed by atoms with Gasteiger partial charge >= 0.3 is 5.63 Å². The number of H-pyrrole nitrogens is 1. The van der Waals surface area contributed by atoms with Crippen LogP contribution in [0.15, 0.2) is 44.6 Å². The fourth-order valence-electron chi connectivity index (χ4n) is 2.26. The predicted molar refractivity (Wildman–Crippen MR) is 82.2 cm³/mol. The highest BCUT2D eigenvalue weighted by atomic mass is 16.5. The molecule has 0 aliphatic heterocycles. The number of fused-ring (bicyclic) bond motifs is 1. The molecule has 3 rings (SSSR count). The summed E-state index contributed by atoms with van der Waals surface area (Å²) in [5.74, 6) is 0. The lowest BCUT2D eigenvalue weighted by atomic mass is 10.1. The molecule has 118 valence electrons. The van der Waals surface area contributed by atoms with Crippen molar-refractivity contribution in [3.63, 3.8) is 0 Å². The summed E-state index contributed by atoms with van der Waals surface area (Å²) in [7, 11) is 1.92. The Morgan fingerprint density at radius 3 is 2.74 bits per heavy atom. The van der Waals surface area contributed by atoms with Crippen molar-refractivity contribution in [2.45, 2.75) is 20.0 Å². The summed E-state index contributed by atoms with van der Waals surface area (Å²) in [4.78, 5) is 30.4. The average molecular weight is 314 g/mol. The van der Waals surface area contributed by atoms with Crippen molar-refractivity contribution in [1.29, 1.82) is 0 Å². The number of aromatic amines is 1. The molecule has 0 aliphatic carbocycles. The van der Waals surface area contributed by atoms with E-state index in [1.807, 2.05) is 43.1 Å². The maximum absolute atomic E-state index is 12.2. The normalized spacial score (nSPS) is 10.9. The van der Waals surface area contributed by atoms with Gasteiger partial charge in [0.1, 0.15) is 19.0 Å². The highest BCUT2D eigenvalue weighted by molar-refractivity contribution is 5.75. The molecule has 0 unspecified atom stereocenters. The zero-order valence-corrected chi connectivity index (χ0v) is 12.8. The molecule has 23 heavy (non-hydrogen) atoms. The van der Waals surface area contributed by atoms with Crippen LogP contribution in [0.1, 0.15) is 18.1 Å². The second-order valence-corrected chi connectivity index (χ2v) is 5.16. The average Bonchev–Trinajstić information content (AvgIpc) is 2.53. The second-order valence-electron chi connectivity index (χ2n) is 5.16. The Hall–Kier alpha value is -2.96. The second kappa shape index (κ2) is 6.04. The summed E-state index contributed by atoms with van der Waals surface area (Å²) in [5.41, 5.74) is 0.605. The van der Waals surface area contributed by atoms with Crippen molar-refractivity contribution in [2.24, 2.45) is 7.05 Å². The van der Waals surface area contributed by atoms with Crippen LogP contribution in [0.4, 0.5) is 0 Å². The van der Waals surface area contributed by atoms with Crippen LogP contribution < -0.4 is 20.5 Å². The third kappa shape index (κ3) is 3.13. The van der Waals surface area contributed by atoms with Crippen LogP contribution in [-0.4, -0.2) is 9.97 Å². The molecule has 3 aromatic heterocycles. The van der Waals surface area contributed by atoms with Crippen molar-refractivity contribution in [3.05, 3.63) is 62.5 Å². The van der Waals surface area contributed by atoms with E-state index in [1.165, 1.54) is 6.07 Å². The molecule has 0 fully saturated rings. The van der Waals surface area contributed by atoms with Crippen molar-refractivity contribution in [2.75, 3.05) is 0 Å². The third-order valence-electron chi connectivity index (χ3n) is 3.48. The number of aromatic nitrogens is 3. The van der Waals surface area contributed by atoms with Gasteiger partial charge in [0.2, 0.25) is 5.71 Å². The van der Waals surface area contributed by atoms with E-state index in [9.17, 15) is 9.59 Å². The van der Waals surface area contributed by atoms with Gasteiger partial charge in [0.15, 0.2) is 12.4 Å². The molecule has 0 aliphatic rings. The molecule has 3 aromatic rings. The Kier molecular flexibility index (Phi) is 3.92. The Balaban J connectivity index is 1.95. The van der Waals surface area contributed by atoms with Gasteiger partial charge in [-0.15, -0.1) is 0 Å². The van der Waals surface area contributed by atoms with Crippen LogP contribution >= 0.6 is 0 Å². The van der Waals surface area contributed by atoms with Crippen molar-refractivity contribution in [3.8, 4) is 6.01 Å². The Morgan fingerprint density at radius 1 is 1.30 bits per heavy atom. The van der Waals surface area contributed by atoms with Crippen LogP contribution in [0.5, 0.6) is 6.01 Å². The zero-order chi connectivity index (χ0) is 16.4. The predicted octanol–water partition coefficient (Wildman–Crippen LogP) is 0.842. The lowest BCUT2D eigenvalue weighted by Gasteiger charge is -2.06. The molecule has 1 N–H and O–H groups in total. The molecule has 0 aromatic carbocycles. The third-order valence-corrected chi connectivity index (χ3v) is 3.48. The molecular weight excluding hydrogens is 298 g/mol. The van der Waals surface area contributed by atoms with Crippen LogP contribution in [0.2, 0.25) is 0 Å². The molecule has 0 saturated heterocycles. The first-order valence-corrected chi connectivity index (χ1v) is 7.21. The Labute approximate surface area is 131 Å². The summed E-state index contributed by atoms with van der Waals surface area (Å²) < 4.78 is 12.4. The SMILES string of the molecule is CCc1cc(=O)oc2nc(OCc3cc[n+](C)cc3)[nH]c(=O)c12. The van der Waals surface area contributed by atoms with Gasteiger partial charge in [-0.2, -0.15) is 4.98 Å². The molecule has 7 heteroatoms. The van der Waals surface area contributed by atoms with Gasteiger partial charge < -0.3 is 9.15 Å². The van der Waals surface area contributed by atoms with Gasteiger partial charge in [-0.1, -0.05) is 6.92 Å². The molecule has 0 radical (unpaired) electrons. The number of pyridine rings is 1. The topological polar surface area (TPSA) is 89.1 Å². The number of ether oxygens (including phenoxy) is 1. The van der Waals surface area contributed by atoms with E-state index < -0.39 is 5.63 Å². The van der Waals surface area contributed by atoms with Crippen LogP contribution in [-0.2, 0) is 20.1 Å². The van der Waals surface area contributed by atoms with E-state index in [-0.39, 0.29) is 29.3 Å². The van der Waals surface area contributed by atoms with E-state index in [4.69, 9.17) is 9.15 Å². The molecule has 3 heterocycles. The van der Waals surface area contributed by atoms with Gasteiger partial charge in [-0.3, -0.25) is 9.78 Å². The molecule has 7 nitrogen and oxygen atoms in total. The van der Waals surface area contributed by atoms with Crippen molar-refractivity contribution < 1.29 is 13.7 Å². The maximum atomic E-state index is 12.2. The largest absolute Gasteiger partial charge is 0.460 e. The van der Waals surface area contributed by atoms with E-state index >= 15 is 0 Å². The number of hydrogen-bond donors (Lipinski definition) is 1. The molecular formula is C16H16N3O4+. The van der Waals surface area contributed by atoms with Crippen LogP contribution in [0, 0.1) is 0 Å². The summed E-state index contributed by atoms with van der Waals surface area (Å²) in [6, 6.07) is 5.12. The molecule has 0 saturated carbocycles. The number of rotatable bonds is 4. The van der Waals surface area contributed by atoms with Gasteiger partial charge in [0.05, 0.1) is 0 Å². The highest BCUT2D eigenvalue weighted by Crippen LogP contribution is 2.14. The molecule has 0 bridgehead atoms. The van der Waals surface area contributed by atoms with E-state index in [1.54, 1.807) is 0 Å². The maximum Gasteiger partial charge on any atom is 0.337 e. The van der Waals surface area contributed by atoms with Crippen LogP contribution in [0.25, 0.3) is 11.1 Å². The smallest absolute Gasteiger partial charge is 0.337 e. The summed E-state index contributed by atoms with van der Waals surface area (Å²) in [6.45, 7) is 2.10. The molecule has 0 atom stereocenters. The molecule has 0 spiro atoms. The van der Waals surface area contributed by atoms with E-state index in [0.29, 0.717) is 12.0 Å². The summed E-state index contributed by atoms with van der Waals surface area (Å²) >= 11 is 0.